The van der Waals surface area contributed by atoms with Gasteiger partial charge >= 0.3 is 0 Å². The lowest BCUT2D eigenvalue weighted by Gasteiger charge is -2.20. The molecule has 80 valence electrons. The van der Waals surface area contributed by atoms with Gasteiger partial charge in [-0.2, -0.15) is 0 Å². The average molecular weight is 184 g/mol. The zero-order valence-electron chi connectivity index (χ0n) is 10.4. The summed E-state index contributed by atoms with van der Waals surface area (Å²) in [6, 6.07) is 0. The molecule has 0 aromatic rings. The first-order valence-electron chi connectivity index (χ1n) is 5.91. The van der Waals surface area contributed by atoms with Gasteiger partial charge in [-0.1, -0.05) is 41.5 Å². The zero-order chi connectivity index (χ0) is 10.4. The van der Waals surface area contributed by atoms with Gasteiger partial charge < -0.3 is 0 Å². The van der Waals surface area contributed by atoms with E-state index >= 15 is 0 Å². The van der Waals surface area contributed by atoms with E-state index in [0.29, 0.717) is 0 Å². The minimum Gasteiger partial charge on any atom is -0.0628 e. The van der Waals surface area contributed by atoms with E-state index in [1.165, 1.54) is 19.3 Å². The van der Waals surface area contributed by atoms with E-state index in [-0.39, 0.29) is 0 Å². The lowest BCUT2D eigenvalue weighted by atomic mass is 9.86. The molecule has 0 heterocycles. The first kappa shape index (κ1) is 13.0. The molecule has 0 fully saturated rings. The van der Waals surface area contributed by atoms with Crippen LogP contribution in [0.1, 0.15) is 60.8 Å². The normalized spacial score (nSPS) is 16.6. The second kappa shape index (κ2) is 6.45. The van der Waals surface area contributed by atoms with Gasteiger partial charge in [0.05, 0.1) is 0 Å². The van der Waals surface area contributed by atoms with Crippen molar-refractivity contribution in [1.29, 1.82) is 0 Å². The van der Waals surface area contributed by atoms with Gasteiger partial charge in [0.2, 0.25) is 0 Å². The van der Waals surface area contributed by atoms with Crippen LogP contribution in [-0.4, -0.2) is 0 Å². The van der Waals surface area contributed by atoms with E-state index in [4.69, 9.17) is 0 Å². The number of hydrogen-bond acceptors (Lipinski definition) is 0. The van der Waals surface area contributed by atoms with E-state index < -0.39 is 0 Å². The first-order valence-corrected chi connectivity index (χ1v) is 5.91. The molecule has 0 rings (SSSR count). The van der Waals surface area contributed by atoms with Gasteiger partial charge in [0.15, 0.2) is 0 Å². The first-order chi connectivity index (χ1) is 5.91. The number of rotatable bonds is 6. The molecule has 0 aliphatic heterocycles. The largest absolute Gasteiger partial charge is 0.0628 e. The fraction of sp³-hybridized carbons (Fsp3) is 1.00. The van der Waals surface area contributed by atoms with E-state index in [1.807, 2.05) is 0 Å². The Morgan fingerprint density at radius 3 is 1.08 bits per heavy atom. The van der Waals surface area contributed by atoms with Gasteiger partial charge in [-0.25, -0.2) is 0 Å². The van der Waals surface area contributed by atoms with Crippen molar-refractivity contribution in [2.24, 2.45) is 23.7 Å². The monoisotopic (exact) mass is 184 g/mol. The van der Waals surface area contributed by atoms with Crippen molar-refractivity contribution in [3.05, 3.63) is 0 Å². The van der Waals surface area contributed by atoms with Crippen LogP contribution in [0.5, 0.6) is 0 Å². The van der Waals surface area contributed by atoms with Crippen LogP contribution in [-0.2, 0) is 0 Å². The summed E-state index contributed by atoms with van der Waals surface area (Å²) < 4.78 is 0. The van der Waals surface area contributed by atoms with Crippen LogP contribution < -0.4 is 0 Å². The molecule has 13 heavy (non-hydrogen) atoms. The van der Waals surface area contributed by atoms with Gasteiger partial charge in [-0.15, -0.1) is 0 Å². The van der Waals surface area contributed by atoms with Crippen LogP contribution in [0.25, 0.3) is 0 Å². The highest BCUT2D eigenvalue weighted by Crippen LogP contribution is 2.23. The topological polar surface area (TPSA) is 0 Å². The second-order valence-electron chi connectivity index (χ2n) is 5.71. The molecular weight excluding hydrogens is 156 g/mol. The summed E-state index contributed by atoms with van der Waals surface area (Å²) in [7, 11) is 0. The molecule has 0 bridgehead atoms. The lowest BCUT2D eigenvalue weighted by molar-refractivity contribution is 0.320. The molecule has 0 radical (unpaired) electrons. The molecular formula is C13H28. The van der Waals surface area contributed by atoms with Crippen molar-refractivity contribution < 1.29 is 0 Å². The summed E-state index contributed by atoms with van der Waals surface area (Å²) in [5.41, 5.74) is 0. The molecule has 0 aromatic heterocycles. The Kier molecular flexibility index (Phi) is 6.45. The Labute approximate surface area is 85.1 Å². The highest BCUT2D eigenvalue weighted by molar-refractivity contribution is 4.63. The van der Waals surface area contributed by atoms with E-state index in [9.17, 15) is 0 Å². The molecule has 0 saturated carbocycles. The van der Waals surface area contributed by atoms with E-state index in [2.05, 4.69) is 41.5 Å². The van der Waals surface area contributed by atoms with Gasteiger partial charge in [0, 0.05) is 0 Å². The third kappa shape index (κ3) is 8.33. The Balaban J connectivity index is 3.58. The van der Waals surface area contributed by atoms with E-state index in [1.54, 1.807) is 0 Å². The van der Waals surface area contributed by atoms with Crippen molar-refractivity contribution in [1.82, 2.24) is 0 Å². The van der Waals surface area contributed by atoms with Crippen LogP contribution >= 0.6 is 0 Å². The Bertz CT molecular complexity index is 99.2. The summed E-state index contributed by atoms with van der Waals surface area (Å²) in [5.74, 6) is 3.55. The van der Waals surface area contributed by atoms with Gasteiger partial charge in [0.1, 0.15) is 0 Å². The van der Waals surface area contributed by atoms with Crippen molar-refractivity contribution in [2.45, 2.75) is 60.8 Å². The highest BCUT2D eigenvalue weighted by Gasteiger charge is 2.11. The van der Waals surface area contributed by atoms with Gasteiger partial charge in [-0.3, -0.25) is 0 Å². The second-order valence-corrected chi connectivity index (χ2v) is 5.71. The summed E-state index contributed by atoms with van der Waals surface area (Å²) in [6.45, 7) is 14.1. The molecule has 0 amide bonds. The molecule has 0 nitrogen and oxygen atoms in total. The average Bonchev–Trinajstić information content (AvgIpc) is 1.80. The van der Waals surface area contributed by atoms with Crippen LogP contribution in [0, 0.1) is 23.7 Å². The summed E-state index contributed by atoms with van der Waals surface area (Å²) in [4.78, 5) is 0. The van der Waals surface area contributed by atoms with Crippen LogP contribution in [0.2, 0.25) is 0 Å². The zero-order valence-corrected chi connectivity index (χ0v) is 10.4. The molecule has 0 aliphatic carbocycles. The fourth-order valence-electron chi connectivity index (χ4n) is 2.49. The van der Waals surface area contributed by atoms with Crippen molar-refractivity contribution in [2.75, 3.05) is 0 Å². The molecule has 0 spiro atoms. The maximum atomic E-state index is 2.40. The maximum Gasteiger partial charge on any atom is -0.0438 e. The Hall–Kier alpha value is 0. The summed E-state index contributed by atoms with van der Waals surface area (Å²) >= 11 is 0. The minimum absolute atomic E-state index is 0.862. The van der Waals surface area contributed by atoms with Crippen molar-refractivity contribution >= 4 is 0 Å². The highest BCUT2D eigenvalue weighted by atomic mass is 14.2. The summed E-state index contributed by atoms with van der Waals surface area (Å²) in [5, 5.41) is 0. The fourth-order valence-corrected chi connectivity index (χ4v) is 2.49. The van der Waals surface area contributed by atoms with Crippen molar-refractivity contribution in [3.63, 3.8) is 0 Å². The van der Waals surface area contributed by atoms with Crippen molar-refractivity contribution in [3.8, 4) is 0 Å². The number of hydrogen-bond donors (Lipinski definition) is 0. The standard InChI is InChI=1S/C13H28/c1-10(2)7-12(5)9-13(6)8-11(3)4/h10-13H,7-9H2,1-6H3/t12-,13?/m1/s1. The molecule has 0 heteroatoms. The SMILES string of the molecule is CC(C)CC(C)C[C@H](C)CC(C)C. The predicted molar refractivity (Wildman–Crippen MR) is 61.9 cm³/mol. The third-order valence-electron chi connectivity index (χ3n) is 2.55. The quantitative estimate of drug-likeness (QED) is 0.559. The lowest BCUT2D eigenvalue weighted by Crippen LogP contribution is -2.08. The Morgan fingerprint density at radius 2 is 0.846 bits per heavy atom. The van der Waals surface area contributed by atoms with Crippen LogP contribution in [0.3, 0.4) is 0 Å². The minimum atomic E-state index is 0.862. The molecule has 1 unspecified atom stereocenters. The Morgan fingerprint density at radius 1 is 0.538 bits per heavy atom. The molecule has 0 aromatic carbocycles. The molecule has 0 aliphatic rings. The molecule has 0 saturated heterocycles. The van der Waals surface area contributed by atoms with E-state index in [0.717, 1.165) is 23.7 Å². The molecule has 2 atom stereocenters. The smallest absolute Gasteiger partial charge is 0.0438 e. The third-order valence-corrected chi connectivity index (χ3v) is 2.55. The maximum absolute atomic E-state index is 2.40. The van der Waals surface area contributed by atoms with Crippen LogP contribution in [0.4, 0.5) is 0 Å². The molecule has 0 N–H and O–H groups in total. The van der Waals surface area contributed by atoms with Gasteiger partial charge in [-0.05, 0) is 42.9 Å². The summed E-state index contributed by atoms with van der Waals surface area (Å²) in [6.07, 6.45) is 4.20. The van der Waals surface area contributed by atoms with Crippen LogP contribution in [0.15, 0.2) is 0 Å². The van der Waals surface area contributed by atoms with Gasteiger partial charge in [0.25, 0.3) is 0 Å². The predicted octanol–water partition coefficient (Wildman–Crippen LogP) is 4.74.